The average Bonchev–Trinajstić information content (AvgIpc) is 2.48. The van der Waals surface area contributed by atoms with E-state index < -0.39 is 30.9 Å². The Balaban J connectivity index is 2.34. The van der Waals surface area contributed by atoms with Crippen LogP contribution in [0, 0.1) is 17.8 Å². The molecular formula is C16H18F3. The zero-order valence-corrected chi connectivity index (χ0v) is 10.8. The lowest BCUT2D eigenvalue weighted by atomic mass is 9.58. The van der Waals surface area contributed by atoms with Crippen LogP contribution in [0.3, 0.4) is 0 Å². The lowest BCUT2D eigenvalue weighted by Gasteiger charge is -2.46. The molecule has 1 radical (unpaired) electrons. The number of allylic oxidation sites excluding steroid dienone is 8. The predicted octanol–water partition coefficient (Wildman–Crippen LogP) is 4.47. The Morgan fingerprint density at radius 2 is 1.53 bits per heavy atom. The number of hydrogen-bond donors (Lipinski definition) is 0. The second-order valence-electron chi connectivity index (χ2n) is 5.35. The van der Waals surface area contributed by atoms with Crippen molar-refractivity contribution in [2.24, 2.45) is 10.8 Å². The minimum Gasteiger partial charge on any atom is -0.250 e. The van der Waals surface area contributed by atoms with Crippen LogP contribution < -0.4 is 0 Å². The molecule has 0 aliphatic heterocycles. The van der Waals surface area contributed by atoms with Crippen molar-refractivity contribution < 1.29 is 13.2 Å². The molecule has 0 aromatic heterocycles. The van der Waals surface area contributed by atoms with Gasteiger partial charge < -0.3 is 0 Å². The zero-order valence-electron chi connectivity index (χ0n) is 10.8. The monoisotopic (exact) mass is 267 g/mol. The van der Waals surface area contributed by atoms with Crippen LogP contribution in [0.2, 0.25) is 0 Å². The SMILES string of the molecule is [CH2]C1=CCC(CF)(C2(CF)C=CC(CF)=CC2)C=C1. The summed E-state index contributed by atoms with van der Waals surface area (Å²) in [5.74, 6) is 0. The van der Waals surface area contributed by atoms with Gasteiger partial charge >= 0.3 is 0 Å². The maximum Gasteiger partial charge on any atom is 0.114 e. The Hall–Kier alpha value is -1.25. The van der Waals surface area contributed by atoms with Crippen LogP contribution in [0.5, 0.6) is 0 Å². The van der Waals surface area contributed by atoms with Crippen LogP contribution in [0.4, 0.5) is 13.2 Å². The van der Waals surface area contributed by atoms with Crippen molar-refractivity contribution in [1.29, 1.82) is 0 Å². The first-order valence-corrected chi connectivity index (χ1v) is 6.39. The highest BCUT2D eigenvalue weighted by atomic mass is 19.1. The van der Waals surface area contributed by atoms with Gasteiger partial charge in [0, 0.05) is 10.8 Å². The van der Waals surface area contributed by atoms with Gasteiger partial charge in [-0.2, -0.15) is 0 Å². The van der Waals surface area contributed by atoms with Crippen LogP contribution in [0.1, 0.15) is 12.8 Å². The summed E-state index contributed by atoms with van der Waals surface area (Å²) in [7, 11) is 0. The lowest BCUT2D eigenvalue weighted by Crippen LogP contribution is -2.44. The molecule has 2 rings (SSSR count). The summed E-state index contributed by atoms with van der Waals surface area (Å²) in [5, 5.41) is 0. The Bertz CT molecular complexity index is 459. The second-order valence-corrected chi connectivity index (χ2v) is 5.35. The highest BCUT2D eigenvalue weighted by molar-refractivity contribution is 5.36. The van der Waals surface area contributed by atoms with Gasteiger partial charge in [-0.15, -0.1) is 0 Å². The van der Waals surface area contributed by atoms with Crippen molar-refractivity contribution in [2.45, 2.75) is 12.8 Å². The largest absolute Gasteiger partial charge is 0.250 e. The topological polar surface area (TPSA) is 0 Å². The highest BCUT2D eigenvalue weighted by Crippen LogP contribution is 2.52. The van der Waals surface area contributed by atoms with E-state index in [1.165, 1.54) is 0 Å². The standard InChI is InChI=1S/C16H18F3/c1-13-2-6-15(11-18,7-3-13)16(12-19)8-4-14(10-17)5-9-16/h2-6,8H,1,7,9-12H2. The summed E-state index contributed by atoms with van der Waals surface area (Å²) >= 11 is 0. The summed E-state index contributed by atoms with van der Waals surface area (Å²) in [6.45, 7) is 1.93. The smallest absolute Gasteiger partial charge is 0.114 e. The number of halogens is 3. The fourth-order valence-corrected chi connectivity index (χ4v) is 2.73. The van der Waals surface area contributed by atoms with Gasteiger partial charge in [-0.3, -0.25) is 8.78 Å². The van der Waals surface area contributed by atoms with Gasteiger partial charge in [-0.05, 0) is 25.3 Å². The van der Waals surface area contributed by atoms with E-state index in [1.807, 2.05) is 6.08 Å². The van der Waals surface area contributed by atoms with E-state index in [-0.39, 0.29) is 0 Å². The number of alkyl halides is 3. The molecule has 0 fully saturated rings. The molecule has 0 amide bonds. The molecule has 0 aromatic carbocycles. The number of hydrogen-bond acceptors (Lipinski definition) is 0. The highest BCUT2D eigenvalue weighted by Gasteiger charge is 2.48. The van der Waals surface area contributed by atoms with E-state index in [4.69, 9.17) is 0 Å². The lowest BCUT2D eigenvalue weighted by molar-refractivity contribution is 0.0721. The van der Waals surface area contributed by atoms with E-state index in [9.17, 15) is 13.2 Å². The van der Waals surface area contributed by atoms with Crippen molar-refractivity contribution in [3.8, 4) is 0 Å². The van der Waals surface area contributed by atoms with Crippen molar-refractivity contribution in [1.82, 2.24) is 0 Å². The maximum absolute atomic E-state index is 13.7. The predicted molar refractivity (Wildman–Crippen MR) is 71.8 cm³/mol. The molecular weight excluding hydrogens is 249 g/mol. The van der Waals surface area contributed by atoms with Gasteiger partial charge in [0.2, 0.25) is 0 Å². The van der Waals surface area contributed by atoms with Crippen molar-refractivity contribution >= 4 is 0 Å². The van der Waals surface area contributed by atoms with Crippen LogP contribution in [-0.2, 0) is 0 Å². The molecule has 2 atom stereocenters. The first-order valence-electron chi connectivity index (χ1n) is 6.39. The summed E-state index contributed by atoms with van der Waals surface area (Å²) in [6, 6.07) is 0. The molecule has 103 valence electrons. The van der Waals surface area contributed by atoms with E-state index in [1.54, 1.807) is 30.4 Å². The summed E-state index contributed by atoms with van der Waals surface area (Å²) in [4.78, 5) is 0. The van der Waals surface area contributed by atoms with Crippen LogP contribution >= 0.6 is 0 Å². The summed E-state index contributed by atoms with van der Waals surface area (Å²) in [5.41, 5.74) is -0.463. The molecule has 0 saturated heterocycles. The second kappa shape index (κ2) is 5.40. The normalized spacial score (nSPS) is 34.1. The van der Waals surface area contributed by atoms with Gasteiger partial charge in [0.25, 0.3) is 0 Å². The number of rotatable bonds is 4. The molecule has 0 saturated carbocycles. The third-order valence-corrected chi connectivity index (χ3v) is 4.31. The van der Waals surface area contributed by atoms with Gasteiger partial charge in [0.1, 0.15) is 6.67 Å². The molecule has 3 heteroatoms. The van der Waals surface area contributed by atoms with E-state index >= 15 is 0 Å². The fourth-order valence-electron chi connectivity index (χ4n) is 2.73. The van der Waals surface area contributed by atoms with Gasteiger partial charge in [0.05, 0.1) is 13.3 Å². The van der Waals surface area contributed by atoms with E-state index in [0.717, 1.165) is 5.57 Å². The van der Waals surface area contributed by atoms with Crippen LogP contribution in [0.15, 0.2) is 47.6 Å². The van der Waals surface area contributed by atoms with Gasteiger partial charge in [0.15, 0.2) is 0 Å². The quantitative estimate of drug-likeness (QED) is 0.704. The van der Waals surface area contributed by atoms with Gasteiger partial charge in [-0.25, -0.2) is 4.39 Å². The van der Waals surface area contributed by atoms with Crippen LogP contribution in [-0.4, -0.2) is 20.0 Å². The Labute approximate surface area is 112 Å². The summed E-state index contributed by atoms with van der Waals surface area (Å²) < 4.78 is 39.9. The first kappa shape index (κ1) is 14.2. The minimum atomic E-state index is -0.922. The fraction of sp³-hybridized carbons (Fsp3) is 0.438. The van der Waals surface area contributed by atoms with E-state index in [2.05, 4.69) is 6.92 Å². The Kier molecular flexibility index (Phi) is 4.02. The van der Waals surface area contributed by atoms with Crippen molar-refractivity contribution in [2.75, 3.05) is 20.0 Å². The van der Waals surface area contributed by atoms with Crippen molar-refractivity contribution in [3.05, 3.63) is 54.5 Å². The van der Waals surface area contributed by atoms with Gasteiger partial charge in [-0.1, -0.05) is 42.0 Å². The molecule has 2 aliphatic rings. The molecule has 2 aliphatic carbocycles. The molecule has 19 heavy (non-hydrogen) atoms. The molecule has 2 unspecified atom stereocenters. The molecule has 0 heterocycles. The van der Waals surface area contributed by atoms with E-state index in [0.29, 0.717) is 18.4 Å². The molecule has 0 bridgehead atoms. The minimum absolute atomic E-state index is 0.327. The maximum atomic E-state index is 13.7. The third-order valence-electron chi connectivity index (χ3n) is 4.31. The first-order chi connectivity index (χ1) is 9.11. The van der Waals surface area contributed by atoms with Crippen LogP contribution in [0.25, 0.3) is 0 Å². The molecule has 0 spiro atoms. The van der Waals surface area contributed by atoms with Crippen molar-refractivity contribution in [3.63, 3.8) is 0 Å². The zero-order chi connectivity index (χ0) is 13.9. The Morgan fingerprint density at radius 1 is 0.947 bits per heavy atom. The third kappa shape index (κ3) is 2.31. The molecule has 0 aromatic rings. The Morgan fingerprint density at radius 3 is 1.89 bits per heavy atom. The summed E-state index contributed by atoms with van der Waals surface area (Å²) in [6.07, 6.45) is 11.0. The molecule has 0 nitrogen and oxygen atoms in total. The average molecular weight is 267 g/mol. The molecule has 0 N–H and O–H groups in total.